The van der Waals surface area contributed by atoms with E-state index in [-0.39, 0.29) is 11.4 Å². The maximum atomic E-state index is 12.0. The number of benzene rings is 1. The Morgan fingerprint density at radius 3 is 2.64 bits per heavy atom. The van der Waals surface area contributed by atoms with Gasteiger partial charge >= 0.3 is 0 Å². The second-order valence-electron chi connectivity index (χ2n) is 5.53. The minimum absolute atomic E-state index is 0.187. The first kappa shape index (κ1) is 17.7. The van der Waals surface area contributed by atoms with E-state index in [2.05, 4.69) is 15.4 Å². The Morgan fingerprint density at radius 2 is 2.00 bits per heavy atom. The summed E-state index contributed by atoms with van der Waals surface area (Å²) in [5, 5.41) is 17.0. The number of nitrogens with one attached hydrogen (secondary N) is 3. The first-order valence-corrected chi connectivity index (χ1v) is 9.17. The number of piperidine rings is 1. The zero-order chi connectivity index (χ0) is 16.1. The van der Waals surface area contributed by atoms with Crippen LogP contribution in [0, 0.1) is 0 Å². The number of hydrogen-bond acceptors (Lipinski definition) is 5. The smallest absolute Gasteiger partial charge is 0.240 e. The Kier molecular flexibility index (Phi) is 6.19. The minimum atomic E-state index is -3.52. The molecule has 1 heterocycles. The van der Waals surface area contributed by atoms with Crippen molar-refractivity contribution in [1.82, 2.24) is 15.4 Å². The molecule has 1 saturated heterocycles. The van der Waals surface area contributed by atoms with E-state index < -0.39 is 15.6 Å². The first-order chi connectivity index (χ1) is 10.4. The van der Waals surface area contributed by atoms with Crippen LogP contribution in [-0.4, -0.2) is 51.8 Å². The molecule has 6 nitrogen and oxygen atoms in total. The zero-order valence-corrected chi connectivity index (χ0v) is 13.9. The fourth-order valence-electron chi connectivity index (χ4n) is 2.39. The fourth-order valence-corrected chi connectivity index (χ4v) is 3.55. The van der Waals surface area contributed by atoms with E-state index in [0.29, 0.717) is 24.7 Å². The average molecular weight is 348 g/mol. The maximum absolute atomic E-state index is 12.0. The number of sulfonamides is 1. The third-order valence-electron chi connectivity index (χ3n) is 3.62. The predicted molar refractivity (Wildman–Crippen MR) is 86.6 cm³/mol. The monoisotopic (exact) mass is 347 g/mol. The first-order valence-electron chi connectivity index (χ1n) is 7.30. The van der Waals surface area contributed by atoms with Crippen LogP contribution < -0.4 is 15.4 Å². The number of rotatable bonds is 7. The lowest BCUT2D eigenvalue weighted by molar-refractivity contribution is 0.0175. The molecule has 124 valence electrons. The molecule has 0 unspecified atom stereocenters. The fraction of sp³-hybridized carbons (Fsp3) is 0.571. The molecule has 1 fully saturated rings. The molecule has 1 atom stereocenters. The Balaban J connectivity index is 1.72. The minimum Gasteiger partial charge on any atom is -0.387 e. The van der Waals surface area contributed by atoms with Crippen molar-refractivity contribution >= 4 is 21.6 Å². The second kappa shape index (κ2) is 7.72. The lowest BCUT2D eigenvalue weighted by Crippen LogP contribution is -2.52. The third kappa shape index (κ3) is 5.19. The highest BCUT2D eigenvalue weighted by Crippen LogP contribution is 2.15. The van der Waals surface area contributed by atoms with Crippen LogP contribution in [0.2, 0.25) is 5.02 Å². The van der Waals surface area contributed by atoms with Crippen LogP contribution in [0.4, 0.5) is 0 Å². The van der Waals surface area contributed by atoms with Crippen LogP contribution in [0.25, 0.3) is 0 Å². The summed E-state index contributed by atoms with van der Waals surface area (Å²) < 4.78 is 26.6. The van der Waals surface area contributed by atoms with Gasteiger partial charge in [-0.3, -0.25) is 0 Å². The molecular formula is C14H22ClN3O3S. The van der Waals surface area contributed by atoms with E-state index >= 15 is 0 Å². The van der Waals surface area contributed by atoms with Gasteiger partial charge in [-0.1, -0.05) is 11.6 Å². The summed E-state index contributed by atoms with van der Waals surface area (Å²) in [7, 11) is -3.52. The van der Waals surface area contributed by atoms with Crippen molar-refractivity contribution in [2.75, 3.05) is 32.7 Å². The molecule has 1 aliphatic rings. The molecular weight excluding hydrogens is 326 g/mol. The van der Waals surface area contributed by atoms with Crippen molar-refractivity contribution in [2.24, 2.45) is 0 Å². The van der Waals surface area contributed by atoms with E-state index in [1.807, 2.05) is 0 Å². The van der Waals surface area contributed by atoms with Crippen LogP contribution >= 0.6 is 11.6 Å². The second-order valence-corrected chi connectivity index (χ2v) is 7.74. The van der Waals surface area contributed by atoms with Crippen molar-refractivity contribution < 1.29 is 13.5 Å². The van der Waals surface area contributed by atoms with E-state index in [4.69, 9.17) is 11.6 Å². The zero-order valence-electron chi connectivity index (χ0n) is 12.3. The third-order valence-corrected chi connectivity index (χ3v) is 5.35. The molecule has 0 saturated carbocycles. The Bertz CT molecular complexity index is 572. The van der Waals surface area contributed by atoms with Gasteiger partial charge in [0.1, 0.15) is 0 Å². The van der Waals surface area contributed by atoms with Gasteiger partial charge in [-0.05, 0) is 43.7 Å². The molecule has 1 aliphatic heterocycles. The molecule has 22 heavy (non-hydrogen) atoms. The maximum Gasteiger partial charge on any atom is 0.240 e. The topological polar surface area (TPSA) is 90.5 Å². The van der Waals surface area contributed by atoms with Crippen LogP contribution in [0.1, 0.15) is 12.8 Å². The highest BCUT2D eigenvalue weighted by molar-refractivity contribution is 7.89. The largest absolute Gasteiger partial charge is 0.387 e. The number of aliphatic hydroxyl groups is 1. The van der Waals surface area contributed by atoms with Gasteiger partial charge in [0, 0.05) is 31.2 Å². The molecule has 2 rings (SSSR count). The van der Waals surface area contributed by atoms with E-state index in [1.54, 1.807) is 12.1 Å². The Hall–Kier alpha value is -0.700. The number of β-amino-alcohol motifs (C(OH)–C–C–N with tert-alkyl or cyclic N) is 1. The molecule has 4 N–H and O–H groups in total. The van der Waals surface area contributed by atoms with E-state index in [9.17, 15) is 13.5 Å². The number of hydrogen-bond donors (Lipinski definition) is 4. The summed E-state index contributed by atoms with van der Waals surface area (Å²) in [4.78, 5) is 0.187. The molecule has 1 aromatic rings. The standard InChI is InChI=1S/C14H22ClN3O3S/c15-12-2-4-13(5-3-12)22(20,21)18-9-8-17-11-14(19)6-1-7-16-10-14/h2-5,16-19H,1,6-11H2/t14-/m0/s1. The average Bonchev–Trinajstić information content (AvgIpc) is 2.48. The van der Waals surface area contributed by atoms with Crippen molar-refractivity contribution in [1.29, 1.82) is 0 Å². The normalized spacial score (nSPS) is 22.6. The van der Waals surface area contributed by atoms with Crippen LogP contribution in [-0.2, 0) is 10.0 Å². The Labute approximate surface area is 136 Å². The highest BCUT2D eigenvalue weighted by atomic mass is 35.5. The van der Waals surface area contributed by atoms with Gasteiger partial charge < -0.3 is 15.7 Å². The van der Waals surface area contributed by atoms with Gasteiger partial charge in [-0.15, -0.1) is 0 Å². The predicted octanol–water partition coefficient (Wildman–Crippen LogP) is 0.322. The van der Waals surface area contributed by atoms with Gasteiger partial charge in [-0.2, -0.15) is 0 Å². The molecule has 8 heteroatoms. The van der Waals surface area contributed by atoms with Gasteiger partial charge in [0.15, 0.2) is 0 Å². The summed E-state index contributed by atoms with van der Waals surface area (Å²) >= 11 is 5.74. The summed E-state index contributed by atoms with van der Waals surface area (Å²) in [5.41, 5.74) is -0.743. The van der Waals surface area contributed by atoms with Gasteiger partial charge in [0.25, 0.3) is 0 Å². The summed E-state index contributed by atoms with van der Waals surface area (Å²) in [5.74, 6) is 0. The molecule has 0 radical (unpaired) electrons. The van der Waals surface area contributed by atoms with Gasteiger partial charge in [0.2, 0.25) is 10.0 Å². The summed E-state index contributed by atoms with van der Waals surface area (Å²) in [6.07, 6.45) is 1.70. The van der Waals surface area contributed by atoms with Gasteiger partial charge in [0.05, 0.1) is 10.5 Å². The van der Waals surface area contributed by atoms with E-state index in [1.165, 1.54) is 12.1 Å². The van der Waals surface area contributed by atoms with Gasteiger partial charge in [-0.25, -0.2) is 13.1 Å². The van der Waals surface area contributed by atoms with Crippen molar-refractivity contribution in [3.63, 3.8) is 0 Å². The van der Waals surface area contributed by atoms with E-state index in [0.717, 1.165) is 19.4 Å². The summed E-state index contributed by atoms with van der Waals surface area (Å²) in [6.45, 7) is 2.66. The quantitative estimate of drug-likeness (QED) is 0.533. The molecule has 0 aromatic heterocycles. The van der Waals surface area contributed by atoms with Crippen LogP contribution in [0.15, 0.2) is 29.2 Å². The van der Waals surface area contributed by atoms with Crippen molar-refractivity contribution in [3.8, 4) is 0 Å². The molecule has 0 bridgehead atoms. The molecule has 0 spiro atoms. The lowest BCUT2D eigenvalue weighted by atomic mass is 9.94. The molecule has 0 aliphatic carbocycles. The Morgan fingerprint density at radius 1 is 1.27 bits per heavy atom. The SMILES string of the molecule is O=S(=O)(NCCNC[C@]1(O)CCCNC1)c1ccc(Cl)cc1. The number of halogens is 1. The van der Waals surface area contributed by atoms with Crippen LogP contribution in [0.3, 0.4) is 0 Å². The highest BCUT2D eigenvalue weighted by Gasteiger charge is 2.28. The van der Waals surface area contributed by atoms with Crippen molar-refractivity contribution in [2.45, 2.75) is 23.3 Å². The van der Waals surface area contributed by atoms with Crippen LogP contribution in [0.5, 0.6) is 0 Å². The van der Waals surface area contributed by atoms with Crippen molar-refractivity contribution in [3.05, 3.63) is 29.3 Å². The molecule has 1 aromatic carbocycles. The lowest BCUT2D eigenvalue weighted by Gasteiger charge is -2.32. The summed E-state index contributed by atoms with van der Waals surface area (Å²) in [6, 6.07) is 6.02. The molecule has 0 amide bonds.